The standard InChI is InChI=1S/C25H26N2O4S.C4H9N/c1-4-30-15-17-6-5-7-21(20(17)16-31-19-10-8-18(29-3)9-11-19)26-25(28)23-14-24-22(27(23)2)12-13-32-24;1-2-4-5-3-1/h5-14H,4,15-16H2,1-3H3,(H,26,28);5H,1-4H2. The predicted molar refractivity (Wildman–Crippen MR) is 150 cm³/mol. The lowest BCUT2D eigenvalue weighted by Gasteiger charge is -2.17. The van der Waals surface area contributed by atoms with Crippen LogP contribution in [-0.2, 0) is 25.0 Å². The average Bonchev–Trinajstić information content (AvgIpc) is 3.69. The van der Waals surface area contributed by atoms with E-state index in [0.29, 0.717) is 31.2 Å². The lowest BCUT2D eigenvalue weighted by atomic mass is 10.1. The summed E-state index contributed by atoms with van der Waals surface area (Å²) in [7, 11) is 3.54. The summed E-state index contributed by atoms with van der Waals surface area (Å²) in [6, 6.07) is 17.2. The van der Waals surface area contributed by atoms with Crippen LogP contribution in [0.5, 0.6) is 11.5 Å². The quantitative estimate of drug-likeness (QED) is 0.283. The smallest absolute Gasteiger partial charge is 0.272 e. The zero-order valence-electron chi connectivity index (χ0n) is 21.7. The van der Waals surface area contributed by atoms with E-state index in [1.807, 2.05) is 78.5 Å². The van der Waals surface area contributed by atoms with Gasteiger partial charge in [0, 0.05) is 24.9 Å². The van der Waals surface area contributed by atoms with E-state index < -0.39 is 0 Å². The van der Waals surface area contributed by atoms with E-state index >= 15 is 0 Å². The number of benzene rings is 2. The molecule has 2 aromatic carbocycles. The van der Waals surface area contributed by atoms with Crippen LogP contribution < -0.4 is 20.1 Å². The van der Waals surface area contributed by atoms with Crippen LogP contribution in [0.1, 0.15) is 41.4 Å². The van der Waals surface area contributed by atoms with Crippen LogP contribution in [0.3, 0.4) is 0 Å². The summed E-state index contributed by atoms with van der Waals surface area (Å²) in [6.45, 7) is 5.81. The van der Waals surface area contributed by atoms with Crippen LogP contribution in [0.4, 0.5) is 5.69 Å². The lowest BCUT2D eigenvalue weighted by molar-refractivity contribution is 0.101. The summed E-state index contributed by atoms with van der Waals surface area (Å²) in [6.07, 6.45) is 2.78. The molecule has 7 nitrogen and oxygen atoms in total. The zero-order valence-corrected chi connectivity index (χ0v) is 22.5. The lowest BCUT2D eigenvalue weighted by Crippen LogP contribution is -2.18. The molecule has 3 heterocycles. The summed E-state index contributed by atoms with van der Waals surface area (Å²) in [5.74, 6) is 1.33. The third-order valence-electron chi connectivity index (χ3n) is 6.28. The highest BCUT2D eigenvalue weighted by atomic mass is 32.1. The molecule has 0 spiro atoms. The van der Waals surface area contributed by atoms with Crippen molar-refractivity contribution in [3.63, 3.8) is 0 Å². The normalized spacial score (nSPS) is 12.7. The molecule has 5 rings (SSSR count). The van der Waals surface area contributed by atoms with Gasteiger partial charge < -0.3 is 29.4 Å². The minimum atomic E-state index is -0.157. The van der Waals surface area contributed by atoms with Crippen molar-refractivity contribution in [3.8, 4) is 11.5 Å². The first kappa shape index (κ1) is 26.7. The van der Waals surface area contributed by atoms with Crippen molar-refractivity contribution in [1.82, 2.24) is 9.88 Å². The molecule has 4 aromatic rings. The van der Waals surface area contributed by atoms with Gasteiger partial charge in [0.2, 0.25) is 0 Å². The highest BCUT2D eigenvalue weighted by Crippen LogP contribution is 2.27. The van der Waals surface area contributed by atoms with Gasteiger partial charge >= 0.3 is 0 Å². The highest BCUT2D eigenvalue weighted by Gasteiger charge is 2.17. The van der Waals surface area contributed by atoms with E-state index in [1.54, 1.807) is 18.4 Å². The largest absolute Gasteiger partial charge is 0.497 e. The van der Waals surface area contributed by atoms with Crippen molar-refractivity contribution in [3.05, 3.63) is 76.8 Å². The third-order valence-corrected chi connectivity index (χ3v) is 7.13. The molecule has 1 saturated heterocycles. The maximum absolute atomic E-state index is 13.1. The first-order chi connectivity index (χ1) is 18.1. The Kier molecular flexibility index (Phi) is 9.59. The molecular formula is C29H35N3O4S. The molecule has 0 saturated carbocycles. The van der Waals surface area contributed by atoms with E-state index in [4.69, 9.17) is 14.2 Å². The van der Waals surface area contributed by atoms with Gasteiger partial charge in [-0.2, -0.15) is 0 Å². The summed E-state index contributed by atoms with van der Waals surface area (Å²) in [5, 5.41) is 8.33. The molecule has 0 unspecified atom stereocenters. The second-order valence-corrected chi connectivity index (χ2v) is 9.66. The van der Waals surface area contributed by atoms with Crippen molar-refractivity contribution < 1.29 is 19.0 Å². The van der Waals surface area contributed by atoms with Crippen molar-refractivity contribution in [2.75, 3.05) is 32.1 Å². The summed E-state index contributed by atoms with van der Waals surface area (Å²) >= 11 is 1.62. The fourth-order valence-corrected chi connectivity index (χ4v) is 5.03. The maximum Gasteiger partial charge on any atom is 0.272 e. The van der Waals surface area contributed by atoms with Crippen molar-refractivity contribution in [2.24, 2.45) is 7.05 Å². The predicted octanol–water partition coefficient (Wildman–Crippen LogP) is 5.99. The number of hydrogen-bond acceptors (Lipinski definition) is 6. The number of anilines is 1. The van der Waals surface area contributed by atoms with Gasteiger partial charge in [0.15, 0.2) is 0 Å². The average molecular weight is 522 g/mol. The number of amides is 1. The molecule has 1 aliphatic rings. The van der Waals surface area contributed by atoms with Gasteiger partial charge in [-0.1, -0.05) is 12.1 Å². The second kappa shape index (κ2) is 13.3. The van der Waals surface area contributed by atoms with Crippen molar-refractivity contribution in [1.29, 1.82) is 0 Å². The number of nitrogens with one attached hydrogen (secondary N) is 2. The zero-order chi connectivity index (χ0) is 26.0. The van der Waals surface area contributed by atoms with Crippen LogP contribution in [0.2, 0.25) is 0 Å². The Morgan fingerprint density at radius 1 is 1.05 bits per heavy atom. The SMILES string of the molecule is C1CCNC1.CCOCc1cccc(NC(=O)c2cc3sccc3n2C)c1COc1ccc(OC)cc1. The van der Waals surface area contributed by atoms with Gasteiger partial charge in [-0.05, 0) is 86.3 Å². The number of fused-ring (bicyclic) bond motifs is 1. The minimum absolute atomic E-state index is 0.157. The number of aromatic nitrogens is 1. The van der Waals surface area contributed by atoms with Crippen LogP contribution in [0.15, 0.2) is 60.0 Å². The third kappa shape index (κ3) is 6.91. The molecule has 1 aliphatic heterocycles. The number of methoxy groups -OCH3 is 1. The molecule has 2 N–H and O–H groups in total. The highest BCUT2D eigenvalue weighted by molar-refractivity contribution is 7.17. The molecule has 0 bridgehead atoms. The van der Waals surface area contributed by atoms with Crippen LogP contribution in [-0.4, -0.2) is 37.3 Å². The van der Waals surface area contributed by atoms with E-state index in [-0.39, 0.29) is 5.91 Å². The van der Waals surface area contributed by atoms with Crippen molar-refractivity contribution in [2.45, 2.75) is 33.0 Å². The molecular weight excluding hydrogens is 486 g/mol. The number of ether oxygens (including phenoxy) is 3. The Balaban J connectivity index is 0.000000572. The van der Waals surface area contributed by atoms with Gasteiger partial charge in [-0.3, -0.25) is 4.79 Å². The molecule has 8 heteroatoms. The van der Waals surface area contributed by atoms with Crippen molar-refractivity contribution >= 4 is 33.1 Å². The Bertz CT molecular complexity index is 1280. The minimum Gasteiger partial charge on any atom is -0.497 e. The maximum atomic E-state index is 13.1. The number of nitrogens with zero attached hydrogens (tertiary/aromatic N) is 1. The number of hydrogen-bond donors (Lipinski definition) is 2. The summed E-state index contributed by atoms with van der Waals surface area (Å²) in [5.41, 5.74) is 4.25. The number of thiophene rings is 1. The Morgan fingerprint density at radius 2 is 1.81 bits per heavy atom. The Hall–Kier alpha value is -3.33. The number of carbonyl (C=O) groups is 1. The first-order valence-corrected chi connectivity index (χ1v) is 13.5. The second-order valence-electron chi connectivity index (χ2n) is 8.71. The molecule has 0 atom stereocenters. The van der Waals surface area contributed by atoms with Gasteiger partial charge in [0.1, 0.15) is 23.8 Å². The van der Waals surface area contributed by atoms with E-state index in [0.717, 1.165) is 32.8 Å². The number of rotatable bonds is 9. The number of carbonyl (C=O) groups excluding carboxylic acids is 1. The Morgan fingerprint density at radius 3 is 2.46 bits per heavy atom. The molecule has 196 valence electrons. The molecule has 0 radical (unpaired) electrons. The van der Waals surface area contributed by atoms with Gasteiger partial charge in [0.25, 0.3) is 5.91 Å². The van der Waals surface area contributed by atoms with Crippen LogP contribution in [0.25, 0.3) is 10.2 Å². The summed E-state index contributed by atoms with van der Waals surface area (Å²) in [4.78, 5) is 13.1. The monoisotopic (exact) mass is 521 g/mol. The topological polar surface area (TPSA) is 73.8 Å². The van der Waals surface area contributed by atoms with E-state index in [9.17, 15) is 4.79 Å². The van der Waals surface area contributed by atoms with E-state index in [2.05, 4.69) is 10.6 Å². The van der Waals surface area contributed by atoms with Crippen LogP contribution in [0, 0.1) is 0 Å². The molecule has 0 aliphatic carbocycles. The Labute approximate surface area is 222 Å². The van der Waals surface area contributed by atoms with E-state index in [1.165, 1.54) is 25.9 Å². The summed E-state index contributed by atoms with van der Waals surface area (Å²) < 4.78 is 19.9. The molecule has 1 amide bonds. The fraction of sp³-hybridized carbons (Fsp3) is 0.345. The first-order valence-electron chi connectivity index (χ1n) is 12.6. The fourth-order valence-electron chi connectivity index (χ4n) is 4.18. The molecule has 1 fully saturated rings. The van der Waals surface area contributed by atoms with Gasteiger partial charge in [0.05, 0.1) is 23.9 Å². The van der Waals surface area contributed by atoms with Gasteiger partial charge in [-0.15, -0.1) is 11.3 Å². The molecule has 37 heavy (non-hydrogen) atoms. The molecule has 2 aromatic heterocycles. The number of aryl methyl sites for hydroxylation is 1. The van der Waals surface area contributed by atoms with Gasteiger partial charge in [-0.25, -0.2) is 0 Å². The van der Waals surface area contributed by atoms with Crippen LogP contribution >= 0.6 is 11.3 Å².